The molecule has 1 aliphatic rings. The Hall–Kier alpha value is -1.64. The Balaban J connectivity index is 0.00000193. The second kappa shape index (κ2) is 11.5. The average molecular weight is 466 g/mol. The van der Waals surface area contributed by atoms with Gasteiger partial charge in [0.25, 0.3) is 0 Å². The van der Waals surface area contributed by atoms with Gasteiger partial charge in [-0.05, 0) is 55.5 Å². The Morgan fingerprint density at radius 3 is 2.66 bits per heavy atom. The van der Waals surface area contributed by atoms with Crippen molar-refractivity contribution in [2.75, 3.05) is 24.5 Å². The smallest absolute Gasteiger partial charge is 1.00 e. The molecule has 0 atom stereocenters. The summed E-state index contributed by atoms with van der Waals surface area (Å²) in [7, 11) is 0. The van der Waals surface area contributed by atoms with Crippen molar-refractivity contribution in [3.05, 3.63) is 52.9 Å². The largest absolute Gasteiger partial charge is 1.00 e. The second-order valence-electron chi connectivity index (χ2n) is 8.15. The van der Waals surface area contributed by atoms with E-state index in [9.17, 15) is 4.79 Å². The number of nitrogens with zero attached hydrogens (tertiary/aromatic N) is 4. The first kappa shape index (κ1) is 25.0. The summed E-state index contributed by atoms with van der Waals surface area (Å²) in [6, 6.07) is 6.13. The van der Waals surface area contributed by atoms with Gasteiger partial charge >= 0.3 is 35.5 Å². The van der Waals surface area contributed by atoms with E-state index >= 15 is 0 Å². The van der Waals surface area contributed by atoms with Gasteiger partial charge in [-0.15, -0.1) is 0 Å². The van der Waals surface area contributed by atoms with E-state index in [4.69, 9.17) is 16.7 Å². The summed E-state index contributed by atoms with van der Waals surface area (Å²) < 4.78 is 2.32. The number of benzene rings is 1. The quantitative estimate of drug-likeness (QED) is 0.488. The van der Waals surface area contributed by atoms with Crippen LogP contribution in [-0.4, -0.2) is 45.2 Å². The van der Waals surface area contributed by atoms with E-state index in [-0.39, 0.29) is 36.5 Å². The standard InChI is InChI=1S/C23H28ClN5O2.Na.H/c1-2-7-29-15-18(20-10-19(24)3-4-21(20)29)12-25-11-16-5-8-28(9-6-16)23-26-13-17(14-27-23)22(30)31;;/h3-4,10,13-16,25H,2,5-9,11-12H2,1H3,(H,30,31);;/q;+1;-1. The third-order valence-electron chi connectivity index (χ3n) is 5.92. The zero-order valence-electron chi connectivity index (χ0n) is 19.7. The van der Waals surface area contributed by atoms with Gasteiger partial charge in [0.2, 0.25) is 5.95 Å². The molecular weight excluding hydrogens is 437 g/mol. The van der Waals surface area contributed by atoms with Crippen LogP contribution < -0.4 is 39.8 Å². The predicted octanol–water partition coefficient (Wildman–Crippen LogP) is 1.32. The van der Waals surface area contributed by atoms with Crippen LogP contribution in [0.3, 0.4) is 0 Å². The van der Waals surface area contributed by atoms with Crippen LogP contribution in [0.4, 0.5) is 5.95 Å². The molecule has 9 heteroatoms. The molecule has 1 aromatic carbocycles. The van der Waals surface area contributed by atoms with Crippen molar-refractivity contribution >= 4 is 34.4 Å². The number of halogens is 1. The van der Waals surface area contributed by atoms with Crippen LogP contribution in [-0.2, 0) is 13.1 Å². The number of aryl methyl sites for hydroxylation is 1. The average Bonchev–Trinajstić information content (AvgIpc) is 3.11. The van der Waals surface area contributed by atoms with Gasteiger partial charge in [0.05, 0.1) is 5.56 Å². The van der Waals surface area contributed by atoms with Gasteiger partial charge in [-0.1, -0.05) is 18.5 Å². The van der Waals surface area contributed by atoms with E-state index in [0.29, 0.717) is 11.9 Å². The van der Waals surface area contributed by atoms with Crippen molar-refractivity contribution in [2.45, 2.75) is 39.3 Å². The number of aromatic carboxylic acids is 1. The molecule has 0 aliphatic carbocycles. The molecule has 7 nitrogen and oxygen atoms in total. The fourth-order valence-electron chi connectivity index (χ4n) is 4.25. The fourth-order valence-corrected chi connectivity index (χ4v) is 4.42. The summed E-state index contributed by atoms with van der Waals surface area (Å²) in [6.45, 7) is 6.75. The van der Waals surface area contributed by atoms with Crippen molar-refractivity contribution in [1.82, 2.24) is 19.9 Å². The number of anilines is 1. The molecule has 0 saturated carbocycles. The number of nitrogens with one attached hydrogen (secondary N) is 1. The van der Waals surface area contributed by atoms with E-state index in [1.807, 2.05) is 6.07 Å². The van der Waals surface area contributed by atoms with Crippen molar-refractivity contribution < 1.29 is 40.9 Å². The number of fused-ring (bicyclic) bond motifs is 1. The number of hydrogen-bond donors (Lipinski definition) is 2. The van der Waals surface area contributed by atoms with Crippen molar-refractivity contribution in [3.63, 3.8) is 0 Å². The first-order valence-electron chi connectivity index (χ1n) is 10.8. The minimum absolute atomic E-state index is 0. The minimum atomic E-state index is -1.00. The zero-order valence-corrected chi connectivity index (χ0v) is 21.5. The van der Waals surface area contributed by atoms with Crippen LogP contribution in [0.5, 0.6) is 0 Å². The molecular formula is C23H29ClN5NaO2. The van der Waals surface area contributed by atoms with Gasteiger partial charge in [-0.3, -0.25) is 0 Å². The minimum Gasteiger partial charge on any atom is -1.00 e. The van der Waals surface area contributed by atoms with Gasteiger partial charge in [0.1, 0.15) is 0 Å². The molecule has 3 heterocycles. The van der Waals surface area contributed by atoms with Crippen LogP contribution in [0.25, 0.3) is 10.9 Å². The fraction of sp³-hybridized carbons (Fsp3) is 0.435. The summed E-state index contributed by atoms with van der Waals surface area (Å²) in [5.41, 5.74) is 2.64. The van der Waals surface area contributed by atoms with Crippen molar-refractivity contribution in [3.8, 4) is 0 Å². The third kappa shape index (κ3) is 5.83. The van der Waals surface area contributed by atoms with Crippen molar-refractivity contribution in [1.29, 1.82) is 0 Å². The molecule has 3 aromatic rings. The normalized spacial score (nSPS) is 14.5. The molecule has 0 spiro atoms. The van der Waals surface area contributed by atoms with Crippen molar-refractivity contribution in [2.24, 2.45) is 5.92 Å². The topological polar surface area (TPSA) is 83.3 Å². The molecule has 166 valence electrons. The van der Waals surface area contributed by atoms with Gasteiger partial charge in [0.15, 0.2) is 0 Å². The summed E-state index contributed by atoms with van der Waals surface area (Å²) >= 11 is 6.25. The van der Waals surface area contributed by atoms with Crippen LogP contribution in [0.2, 0.25) is 5.02 Å². The number of piperidine rings is 1. The summed E-state index contributed by atoms with van der Waals surface area (Å²) in [6.07, 6.45) is 8.21. The second-order valence-corrected chi connectivity index (χ2v) is 8.58. The van der Waals surface area contributed by atoms with Crippen LogP contribution >= 0.6 is 11.6 Å². The van der Waals surface area contributed by atoms with E-state index in [1.54, 1.807) is 0 Å². The Kier molecular flexibility index (Phi) is 8.96. The van der Waals surface area contributed by atoms with Crippen LogP contribution in [0.15, 0.2) is 36.8 Å². The summed E-state index contributed by atoms with van der Waals surface area (Å²) in [4.78, 5) is 21.5. The molecule has 32 heavy (non-hydrogen) atoms. The monoisotopic (exact) mass is 465 g/mol. The van der Waals surface area contributed by atoms with Crippen LogP contribution in [0.1, 0.15) is 43.5 Å². The molecule has 2 N–H and O–H groups in total. The van der Waals surface area contributed by atoms with Gasteiger partial charge in [-0.2, -0.15) is 0 Å². The first-order chi connectivity index (χ1) is 15.0. The molecule has 0 radical (unpaired) electrons. The Bertz CT molecular complexity index is 1050. The van der Waals surface area contributed by atoms with E-state index in [1.165, 1.54) is 28.9 Å². The van der Waals surface area contributed by atoms with Gasteiger partial charge in [0, 0.05) is 60.7 Å². The first-order valence-corrected chi connectivity index (χ1v) is 11.2. The Morgan fingerprint density at radius 2 is 2.00 bits per heavy atom. The number of rotatable bonds is 8. The van der Waals surface area contributed by atoms with Crippen LogP contribution in [0, 0.1) is 5.92 Å². The SMILES string of the molecule is CCCn1cc(CNCC2CCN(c3ncc(C(=O)O)cn3)CC2)c2cc(Cl)ccc21.[H-].[Na+]. The summed E-state index contributed by atoms with van der Waals surface area (Å²) in [5.74, 6) is 0.204. The number of aromatic nitrogens is 3. The molecule has 0 unspecified atom stereocenters. The van der Waals surface area contributed by atoms with Gasteiger partial charge < -0.3 is 21.3 Å². The molecule has 1 fully saturated rings. The molecule has 4 rings (SSSR count). The Labute approximate surface area is 217 Å². The summed E-state index contributed by atoms with van der Waals surface area (Å²) in [5, 5.41) is 14.6. The van der Waals surface area contributed by atoms with E-state index < -0.39 is 5.97 Å². The third-order valence-corrected chi connectivity index (χ3v) is 6.16. The molecule has 1 aliphatic heterocycles. The Morgan fingerprint density at radius 1 is 1.28 bits per heavy atom. The molecule has 0 bridgehead atoms. The molecule has 1 saturated heterocycles. The maximum atomic E-state index is 10.9. The molecule has 0 amide bonds. The number of hydrogen-bond acceptors (Lipinski definition) is 5. The zero-order chi connectivity index (χ0) is 21.8. The maximum Gasteiger partial charge on any atom is 1.00 e. The number of carboxylic acids is 1. The van der Waals surface area contributed by atoms with Gasteiger partial charge in [-0.25, -0.2) is 14.8 Å². The molecule has 2 aromatic heterocycles. The van der Waals surface area contributed by atoms with E-state index in [0.717, 1.165) is 57.0 Å². The number of carboxylic acid groups (broad SMARTS) is 1. The number of carbonyl (C=O) groups is 1. The van der Waals surface area contributed by atoms with E-state index in [2.05, 4.69) is 50.0 Å². The maximum absolute atomic E-state index is 10.9. The predicted molar refractivity (Wildman–Crippen MR) is 124 cm³/mol.